The molecule has 3 heteroatoms. The molecule has 18 heavy (non-hydrogen) atoms. The van der Waals surface area contributed by atoms with Crippen molar-refractivity contribution in [2.24, 2.45) is 0 Å². The molecule has 0 radical (unpaired) electrons. The maximum atomic E-state index is 4.83. The largest absolute Gasteiger partial charge is 0.309 e. The lowest BCUT2D eigenvalue weighted by molar-refractivity contribution is 0.524. The van der Waals surface area contributed by atoms with Gasteiger partial charge in [-0.25, -0.2) is 4.98 Å². The zero-order chi connectivity index (χ0) is 13.1. The Morgan fingerprint density at radius 3 is 2.39 bits per heavy atom. The van der Waals surface area contributed by atoms with Crippen LogP contribution in [0.2, 0.25) is 0 Å². The van der Waals surface area contributed by atoms with Gasteiger partial charge in [-0.2, -0.15) is 0 Å². The van der Waals surface area contributed by atoms with E-state index in [9.17, 15) is 0 Å². The van der Waals surface area contributed by atoms with Crippen molar-refractivity contribution in [2.75, 3.05) is 0 Å². The summed E-state index contributed by atoms with van der Waals surface area (Å²) in [4.78, 5) is 6.29. The van der Waals surface area contributed by atoms with Crippen LogP contribution in [0.1, 0.15) is 80.8 Å². The molecule has 1 N–H and O–H groups in total. The number of aromatic nitrogens is 1. The minimum atomic E-state index is 0.536. The van der Waals surface area contributed by atoms with Crippen LogP contribution in [-0.2, 0) is 6.54 Å². The molecule has 0 bridgehead atoms. The zero-order valence-electron chi connectivity index (χ0n) is 12.1. The summed E-state index contributed by atoms with van der Waals surface area (Å²) in [7, 11) is 0. The van der Waals surface area contributed by atoms with Crippen molar-refractivity contribution in [3.8, 4) is 0 Å². The third kappa shape index (κ3) is 3.33. The first-order valence-electron chi connectivity index (χ1n) is 7.30. The van der Waals surface area contributed by atoms with Gasteiger partial charge in [-0.1, -0.05) is 40.5 Å². The molecule has 0 saturated heterocycles. The highest BCUT2D eigenvalue weighted by molar-refractivity contribution is 7.11. The van der Waals surface area contributed by atoms with E-state index in [-0.39, 0.29) is 0 Å². The molecule has 1 aliphatic rings. The molecule has 1 heterocycles. The molecule has 0 atom stereocenters. The van der Waals surface area contributed by atoms with E-state index < -0.39 is 0 Å². The van der Waals surface area contributed by atoms with E-state index in [1.165, 1.54) is 41.3 Å². The number of nitrogens with zero attached hydrogens (tertiary/aromatic N) is 1. The highest BCUT2D eigenvalue weighted by atomic mass is 32.1. The van der Waals surface area contributed by atoms with Gasteiger partial charge in [0.2, 0.25) is 0 Å². The first kappa shape index (κ1) is 14.0. The highest BCUT2D eigenvalue weighted by Crippen LogP contribution is 2.29. The fraction of sp³-hybridized carbons (Fsp3) is 0.800. The SMILES string of the molecule is CC(C)c1nc(C(C)C)c(CNC2CCCC2)s1. The molecule has 1 fully saturated rings. The first-order valence-corrected chi connectivity index (χ1v) is 8.12. The quantitative estimate of drug-likeness (QED) is 0.853. The second-order valence-corrected chi connectivity index (χ2v) is 7.15. The molecular weight excluding hydrogens is 240 g/mol. The van der Waals surface area contributed by atoms with Crippen LogP contribution < -0.4 is 5.32 Å². The maximum Gasteiger partial charge on any atom is 0.0957 e. The van der Waals surface area contributed by atoms with Gasteiger partial charge in [0, 0.05) is 23.4 Å². The molecule has 0 aliphatic heterocycles. The van der Waals surface area contributed by atoms with Crippen molar-refractivity contribution in [3.05, 3.63) is 15.6 Å². The third-order valence-corrected chi connectivity index (χ3v) is 5.06. The summed E-state index contributed by atoms with van der Waals surface area (Å²) < 4.78 is 0. The Labute approximate surface area is 115 Å². The van der Waals surface area contributed by atoms with Gasteiger partial charge in [-0.05, 0) is 18.8 Å². The molecule has 0 amide bonds. The summed E-state index contributed by atoms with van der Waals surface area (Å²) >= 11 is 1.91. The highest BCUT2D eigenvalue weighted by Gasteiger charge is 2.18. The van der Waals surface area contributed by atoms with Gasteiger partial charge in [0.05, 0.1) is 10.7 Å². The van der Waals surface area contributed by atoms with Gasteiger partial charge in [-0.3, -0.25) is 0 Å². The van der Waals surface area contributed by atoms with Crippen molar-refractivity contribution in [2.45, 2.75) is 77.8 Å². The molecule has 0 aromatic carbocycles. The maximum absolute atomic E-state index is 4.83. The van der Waals surface area contributed by atoms with E-state index in [0.717, 1.165) is 12.6 Å². The van der Waals surface area contributed by atoms with Crippen molar-refractivity contribution in [1.29, 1.82) is 0 Å². The number of hydrogen-bond donors (Lipinski definition) is 1. The van der Waals surface area contributed by atoms with Crippen LogP contribution in [0.25, 0.3) is 0 Å². The van der Waals surface area contributed by atoms with E-state index in [0.29, 0.717) is 11.8 Å². The standard InChI is InChI=1S/C15H26N2S/c1-10(2)14-13(18-15(17-14)11(3)4)9-16-12-7-5-6-8-12/h10-12,16H,5-9H2,1-4H3. The van der Waals surface area contributed by atoms with Gasteiger partial charge in [0.25, 0.3) is 0 Å². The summed E-state index contributed by atoms with van der Waals surface area (Å²) in [5.74, 6) is 1.09. The van der Waals surface area contributed by atoms with Crippen molar-refractivity contribution in [3.63, 3.8) is 0 Å². The molecule has 1 aliphatic carbocycles. The van der Waals surface area contributed by atoms with Crippen molar-refractivity contribution >= 4 is 11.3 Å². The van der Waals surface area contributed by atoms with Gasteiger partial charge < -0.3 is 5.32 Å². The van der Waals surface area contributed by atoms with Crippen LogP contribution in [-0.4, -0.2) is 11.0 Å². The van der Waals surface area contributed by atoms with Gasteiger partial charge in [0.1, 0.15) is 0 Å². The van der Waals surface area contributed by atoms with E-state index in [1.807, 2.05) is 11.3 Å². The van der Waals surface area contributed by atoms with Crippen molar-refractivity contribution < 1.29 is 0 Å². The summed E-state index contributed by atoms with van der Waals surface area (Å²) in [6.07, 6.45) is 5.50. The van der Waals surface area contributed by atoms with Gasteiger partial charge in [0.15, 0.2) is 0 Å². The number of rotatable bonds is 5. The van der Waals surface area contributed by atoms with Crippen LogP contribution in [0.4, 0.5) is 0 Å². The molecule has 0 spiro atoms. The molecule has 1 aromatic heterocycles. The lowest BCUT2D eigenvalue weighted by Crippen LogP contribution is -2.25. The average molecular weight is 266 g/mol. The van der Waals surface area contributed by atoms with E-state index >= 15 is 0 Å². The summed E-state index contributed by atoms with van der Waals surface area (Å²) in [5.41, 5.74) is 1.31. The van der Waals surface area contributed by atoms with Crippen LogP contribution in [0.5, 0.6) is 0 Å². The third-order valence-electron chi connectivity index (χ3n) is 3.69. The fourth-order valence-corrected chi connectivity index (χ4v) is 3.75. The van der Waals surface area contributed by atoms with Gasteiger partial charge in [-0.15, -0.1) is 11.3 Å². The van der Waals surface area contributed by atoms with E-state index in [1.54, 1.807) is 0 Å². The molecule has 2 nitrogen and oxygen atoms in total. The predicted molar refractivity (Wildman–Crippen MR) is 79.4 cm³/mol. The number of nitrogens with one attached hydrogen (secondary N) is 1. The Hall–Kier alpha value is -0.410. The lowest BCUT2D eigenvalue weighted by atomic mass is 10.1. The monoisotopic (exact) mass is 266 g/mol. The normalized spacial score (nSPS) is 17.2. The molecule has 0 unspecified atom stereocenters. The Bertz CT molecular complexity index is 376. The first-order chi connectivity index (χ1) is 8.58. The second-order valence-electron chi connectivity index (χ2n) is 6.03. The minimum Gasteiger partial charge on any atom is -0.309 e. The van der Waals surface area contributed by atoms with Crippen LogP contribution in [0.3, 0.4) is 0 Å². The fourth-order valence-electron chi connectivity index (χ4n) is 2.57. The summed E-state index contributed by atoms with van der Waals surface area (Å²) in [5, 5.41) is 5.01. The summed E-state index contributed by atoms with van der Waals surface area (Å²) in [6, 6.07) is 0.745. The molecule has 2 rings (SSSR count). The topological polar surface area (TPSA) is 24.9 Å². The van der Waals surface area contributed by atoms with Crippen LogP contribution in [0.15, 0.2) is 0 Å². The van der Waals surface area contributed by atoms with Crippen molar-refractivity contribution in [1.82, 2.24) is 10.3 Å². The lowest BCUT2D eigenvalue weighted by Gasteiger charge is -2.12. The van der Waals surface area contributed by atoms with Crippen LogP contribution >= 0.6 is 11.3 Å². The Balaban J connectivity index is 2.04. The second kappa shape index (κ2) is 6.16. The number of hydrogen-bond acceptors (Lipinski definition) is 3. The van der Waals surface area contributed by atoms with Gasteiger partial charge >= 0.3 is 0 Å². The zero-order valence-corrected chi connectivity index (χ0v) is 12.9. The molecule has 1 aromatic rings. The molecular formula is C15H26N2S. The Kier molecular flexibility index (Phi) is 4.79. The smallest absolute Gasteiger partial charge is 0.0957 e. The van der Waals surface area contributed by atoms with E-state index in [2.05, 4.69) is 33.0 Å². The predicted octanol–water partition coefficient (Wildman–Crippen LogP) is 4.42. The Morgan fingerprint density at radius 2 is 1.83 bits per heavy atom. The average Bonchev–Trinajstić information content (AvgIpc) is 2.95. The molecule has 102 valence electrons. The Morgan fingerprint density at radius 1 is 1.17 bits per heavy atom. The minimum absolute atomic E-state index is 0.536. The summed E-state index contributed by atoms with van der Waals surface area (Å²) in [6.45, 7) is 9.98. The number of thiazole rings is 1. The van der Waals surface area contributed by atoms with Crippen LogP contribution in [0, 0.1) is 0 Å². The molecule has 1 saturated carbocycles. The van der Waals surface area contributed by atoms with E-state index in [4.69, 9.17) is 4.98 Å².